The van der Waals surface area contributed by atoms with E-state index in [1.165, 1.54) is 29.4 Å². The van der Waals surface area contributed by atoms with E-state index >= 15 is 0 Å². The van der Waals surface area contributed by atoms with Crippen LogP contribution in [0.4, 0.5) is 5.00 Å². The molecule has 1 aromatic carbocycles. The Morgan fingerprint density at radius 2 is 1.91 bits per heavy atom. The summed E-state index contributed by atoms with van der Waals surface area (Å²) in [4.78, 5) is 40.0. The lowest BCUT2D eigenvalue weighted by Crippen LogP contribution is -2.25. The molecule has 0 aliphatic heterocycles. The molecule has 226 valence electrons. The molecule has 3 aromatic heterocycles. The molecular formula is C31H35N5O5S2. The van der Waals surface area contributed by atoms with E-state index < -0.39 is 5.25 Å². The van der Waals surface area contributed by atoms with Crippen LogP contribution >= 0.6 is 23.1 Å². The number of carbonyl (C=O) groups is 3. The lowest BCUT2D eigenvalue weighted by molar-refractivity contribution is -0.115. The van der Waals surface area contributed by atoms with Crippen LogP contribution in [0.3, 0.4) is 0 Å². The van der Waals surface area contributed by atoms with Crippen LogP contribution in [-0.4, -0.2) is 44.4 Å². The number of hydrogen-bond acceptors (Lipinski definition) is 9. The van der Waals surface area contributed by atoms with Gasteiger partial charge in [0.2, 0.25) is 5.91 Å². The molecule has 2 N–H and O–H groups in total. The number of nitrogens with zero attached hydrogens (tertiary/aromatic N) is 3. The van der Waals surface area contributed by atoms with E-state index in [0.29, 0.717) is 28.1 Å². The van der Waals surface area contributed by atoms with Crippen molar-refractivity contribution in [2.75, 3.05) is 11.9 Å². The number of hydrogen-bond donors (Lipinski definition) is 2. The Hall–Kier alpha value is -3.90. The first kappa shape index (κ1) is 30.6. The number of carbonyl (C=O) groups excluding carboxylic acids is 3. The minimum absolute atomic E-state index is 0.145. The lowest BCUT2D eigenvalue weighted by Gasteiger charge is -2.14. The zero-order chi connectivity index (χ0) is 30.2. The topological polar surface area (TPSA) is 128 Å². The minimum Gasteiger partial charge on any atom is -0.462 e. The molecule has 1 aliphatic rings. The normalized spacial score (nSPS) is 13.5. The van der Waals surface area contributed by atoms with Gasteiger partial charge < -0.3 is 24.4 Å². The number of fused-ring (bicyclic) bond motifs is 1. The fraction of sp³-hybridized carbons (Fsp3) is 0.387. The smallest absolute Gasteiger partial charge is 0.341 e. The molecule has 1 aliphatic carbocycles. The quantitative estimate of drug-likeness (QED) is 0.118. The van der Waals surface area contributed by atoms with Crippen molar-refractivity contribution in [1.29, 1.82) is 0 Å². The Morgan fingerprint density at radius 3 is 2.67 bits per heavy atom. The molecule has 2 amide bonds. The van der Waals surface area contributed by atoms with Gasteiger partial charge in [0.05, 0.1) is 30.2 Å². The molecular weight excluding hydrogens is 587 g/mol. The first-order chi connectivity index (χ1) is 20.9. The van der Waals surface area contributed by atoms with Gasteiger partial charge in [-0.25, -0.2) is 4.79 Å². The summed E-state index contributed by atoms with van der Waals surface area (Å²) < 4.78 is 12.5. The Bertz CT molecular complexity index is 1550. The Balaban J connectivity index is 1.32. The number of furan rings is 1. The predicted octanol–water partition coefficient (Wildman–Crippen LogP) is 5.67. The number of rotatable bonds is 12. The number of ether oxygens (including phenoxy) is 1. The maximum absolute atomic E-state index is 13.5. The molecule has 0 saturated heterocycles. The highest BCUT2D eigenvalue weighted by Gasteiger charge is 2.28. The van der Waals surface area contributed by atoms with E-state index in [2.05, 4.69) is 33.0 Å². The highest BCUT2D eigenvalue weighted by atomic mass is 32.2. The van der Waals surface area contributed by atoms with Gasteiger partial charge in [0.25, 0.3) is 5.91 Å². The van der Waals surface area contributed by atoms with Gasteiger partial charge in [-0.1, -0.05) is 48.5 Å². The van der Waals surface area contributed by atoms with Crippen molar-refractivity contribution >= 4 is 45.9 Å². The monoisotopic (exact) mass is 621 g/mol. The van der Waals surface area contributed by atoms with E-state index in [9.17, 15) is 14.4 Å². The van der Waals surface area contributed by atoms with Crippen molar-refractivity contribution in [3.8, 4) is 0 Å². The van der Waals surface area contributed by atoms with Crippen LogP contribution in [0.15, 0.2) is 58.3 Å². The first-order valence-corrected chi connectivity index (χ1v) is 16.2. The van der Waals surface area contributed by atoms with E-state index in [0.717, 1.165) is 54.5 Å². The van der Waals surface area contributed by atoms with Crippen LogP contribution in [0, 0.1) is 0 Å². The SMILES string of the molecule is CCOC(=O)c1c(NC(=O)[C@H](C)Sc2nnc(CNC(=O)c3ccco3)n2CCc2ccccc2)sc2c1CCCCC2. The van der Waals surface area contributed by atoms with Crippen LogP contribution in [0.2, 0.25) is 0 Å². The minimum atomic E-state index is -0.540. The second kappa shape index (κ2) is 14.5. The van der Waals surface area contributed by atoms with Gasteiger partial charge in [0.1, 0.15) is 5.00 Å². The van der Waals surface area contributed by atoms with Gasteiger partial charge in [-0.3, -0.25) is 9.59 Å². The van der Waals surface area contributed by atoms with Crippen LogP contribution in [0.1, 0.15) is 75.9 Å². The van der Waals surface area contributed by atoms with E-state index in [-0.39, 0.29) is 36.7 Å². The number of anilines is 1. The molecule has 3 heterocycles. The number of nitrogens with one attached hydrogen (secondary N) is 2. The molecule has 4 aromatic rings. The van der Waals surface area contributed by atoms with Crippen molar-refractivity contribution in [1.82, 2.24) is 20.1 Å². The Kier molecular flexibility index (Phi) is 10.3. The summed E-state index contributed by atoms with van der Waals surface area (Å²) in [6.07, 6.45) is 7.08. The standard InChI is InChI=1S/C31H35N5O5S2/c1-3-40-30(39)26-22-13-8-5-9-15-24(22)43-29(26)33-27(37)20(2)42-31-35-34-25(19-32-28(38)23-14-10-18-41-23)36(31)17-16-21-11-6-4-7-12-21/h4,6-7,10-12,14,18,20H,3,5,8-9,13,15-17,19H2,1-2H3,(H,32,38)(H,33,37)/t20-/m0/s1. The fourth-order valence-electron chi connectivity index (χ4n) is 4.98. The van der Waals surface area contributed by atoms with Crippen molar-refractivity contribution in [3.63, 3.8) is 0 Å². The average Bonchev–Trinajstić information content (AvgIpc) is 3.72. The van der Waals surface area contributed by atoms with E-state index in [4.69, 9.17) is 9.15 Å². The summed E-state index contributed by atoms with van der Waals surface area (Å²) in [6.45, 7) is 4.56. The summed E-state index contributed by atoms with van der Waals surface area (Å²) >= 11 is 2.76. The highest BCUT2D eigenvalue weighted by Crippen LogP contribution is 2.38. The van der Waals surface area contributed by atoms with Gasteiger partial charge in [0, 0.05) is 11.4 Å². The number of thiophene rings is 1. The van der Waals surface area contributed by atoms with Gasteiger partial charge >= 0.3 is 5.97 Å². The van der Waals surface area contributed by atoms with Crippen LogP contribution in [0.25, 0.3) is 0 Å². The van der Waals surface area contributed by atoms with Crippen molar-refractivity contribution < 1.29 is 23.5 Å². The van der Waals surface area contributed by atoms with Crippen LogP contribution < -0.4 is 10.6 Å². The number of benzene rings is 1. The summed E-state index contributed by atoms with van der Waals surface area (Å²) in [6, 6.07) is 13.3. The van der Waals surface area contributed by atoms with Crippen LogP contribution in [0.5, 0.6) is 0 Å². The maximum atomic E-state index is 13.5. The van der Waals surface area contributed by atoms with Gasteiger partial charge in [-0.05, 0) is 69.2 Å². The zero-order valence-electron chi connectivity index (χ0n) is 24.3. The largest absolute Gasteiger partial charge is 0.462 e. The average molecular weight is 622 g/mol. The summed E-state index contributed by atoms with van der Waals surface area (Å²) in [7, 11) is 0. The summed E-state index contributed by atoms with van der Waals surface area (Å²) in [5.74, 6) is -0.200. The number of thioether (sulfide) groups is 1. The molecule has 43 heavy (non-hydrogen) atoms. The molecule has 1 atom stereocenters. The van der Waals surface area contributed by atoms with Crippen molar-refractivity contribution in [3.05, 3.63) is 81.9 Å². The van der Waals surface area contributed by atoms with Gasteiger partial charge in [0.15, 0.2) is 16.7 Å². The van der Waals surface area contributed by atoms with Gasteiger partial charge in [-0.15, -0.1) is 21.5 Å². The number of amides is 2. The summed E-state index contributed by atoms with van der Waals surface area (Å²) in [5, 5.41) is 15.2. The second-order valence-corrected chi connectivity index (χ2v) is 12.6. The van der Waals surface area contributed by atoms with E-state index in [1.807, 2.05) is 22.8 Å². The third kappa shape index (κ3) is 7.55. The first-order valence-electron chi connectivity index (χ1n) is 14.5. The summed E-state index contributed by atoms with van der Waals surface area (Å²) in [5.41, 5.74) is 2.65. The molecule has 0 spiro atoms. The molecule has 10 nitrogen and oxygen atoms in total. The fourth-order valence-corrected chi connectivity index (χ4v) is 7.15. The molecule has 0 fully saturated rings. The third-order valence-electron chi connectivity index (χ3n) is 7.20. The maximum Gasteiger partial charge on any atom is 0.341 e. The molecule has 0 bridgehead atoms. The number of aryl methyl sites for hydroxylation is 2. The van der Waals surface area contributed by atoms with Crippen molar-refractivity contribution in [2.24, 2.45) is 0 Å². The Labute approximate surface area is 258 Å². The second-order valence-electron chi connectivity index (χ2n) is 10.2. The third-order valence-corrected chi connectivity index (χ3v) is 9.49. The molecule has 0 saturated carbocycles. The highest BCUT2D eigenvalue weighted by molar-refractivity contribution is 8.00. The predicted molar refractivity (Wildman–Crippen MR) is 166 cm³/mol. The zero-order valence-corrected chi connectivity index (χ0v) is 25.9. The molecule has 0 unspecified atom stereocenters. The van der Waals surface area contributed by atoms with Crippen molar-refractivity contribution in [2.45, 2.75) is 75.9 Å². The van der Waals surface area contributed by atoms with E-state index in [1.54, 1.807) is 26.0 Å². The Morgan fingerprint density at radius 1 is 1.09 bits per heavy atom. The number of aromatic nitrogens is 3. The lowest BCUT2D eigenvalue weighted by atomic mass is 10.1. The van der Waals surface area contributed by atoms with Gasteiger partial charge in [-0.2, -0.15) is 0 Å². The number of esters is 1. The molecule has 12 heteroatoms. The van der Waals surface area contributed by atoms with Crippen LogP contribution in [-0.2, 0) is 41.9 Å². The molecule has 0 radical (unpaired) electrons. The molecule has 5 rings (SSSR count).